The summed E-state index contributed by atoms with van der Waals surface area (Å²) in [6.07, 6.45) is 4.21. The lowest BCUT2D eigenvalue weighted by Gasteiger charge is -2.22. The van der Waals surface area contributed by atoms with E-state index in [-0.39, 0.29) is 6.10 Å². The number of oxime groups is 1. The number of hydrogen-bond donors (Lipinski definition) is 1. The molecule has 4 nitrogen and oxygen atoms in total. The Kier molecular flexibility index (Phi) is 5.65. The molecule has 4 heteroatoms. The quantitative estimate of drug-likeness (QED) is 0.434. The lowest BCUT2D eigenvalue weighted by molar-refractivity contribution is -0.0185. The van der Waals surface area contributed by atoms with E-state index in [9.17, 15) is 0 Å². The monoisotopic (exact) mass is 215 g/mol. The molecule has 0 radical (unpaired) electrons. The minimum Gasteiger partial charge on any atom is -0.411 e. The molecule has 0 aromatic carbocycles. The highest BCUT2D eigenvalue weighted by Crippen LogP contribution is 2.18. The van der Waals surface area contributed by atoms with E-state index < -0.39 is 0 Å². The molecule has 0 unspecified atom stereocenters. The molecule has 1 fully saturated rings. The van der Waals surface area contributed by atoms with Crippen LogP contribution in [0.2, 0.25) is 0 Å². The molecule has 0 aromatic rings. The Balaban J connectivity index is 2.04. The van der Waals surface area contributed by atoms with Crippen molar-refractivity contribution >= 4 is 5.71 Å². The predicted molar refractivity (Wildman–Crippen MR) is 58.5 cm³/mol. The highest BCUT2D eigenvalue weighted by atomic mass is 16.5. The largest absolute Gasteiger partial charge is 0.411 e. The highest BCUT2D eigenvalue weighted by molar-refractivity contribution is 5.84. The van der Waals surface area contributed by atoms with Gasteiger partial charge in [0, 0.05) is 0 Å². The molecule has 15 heavy (non-hydrogen) atoms. The predicted octanol–water partition coefficient (Wildman–Crippen LogP) is 2.20. The van der Waals surface area contributed by atoms with Crippen LogP contribution < -0.4 is 0 Å². The minimum absolute atomic E-state index is 0.271. The van der Waals surface area contributed by atoms with Crippen LogP contribution in [-0.4, -0.2) is 36.3 Å². The van der Waals surface area contributed by atoms with Crippen molar-refractivity contribution in [2.24, 2.45) is 5.16 Å². The molecule has 0 aromatic heterocycles. The van der Waals surface area contributed by atoms with Gasteiger partial charge in [0.15, 0.2) is 0 Å². The smallest absolute Gasteiger partial charge is 0.0704 e. The van der Waals surface area contributed by atoms with Crippen LogP contribution >= 0.6 is 0 Å². The van der Waals surface area contributed by atoms with Crippen LogP contribution in [-0.2, 0) is 9.47 Å². The third kappa shape index (κ3) is 5.14. The van der Waals surface area contributed by atoms with Crippen molar-refractivity contribution in [3.05, 3.63) is 0 Å². The SMILES string of the molecule is CC(C)OCCOC1CCC(=NO)CC1. The molecule has 0 aliphatic heterocycles. The molecule has 0 saturated heterocycles. The Morgan fingerprint density at radius 3 is 2.53 bits per heavy atom. The molecule has 0 atom stereocenters. The first-order chi connectivity index (χ1) is 7.22. The summed E-state index contributed by atoms with van der Waals surface area (Å²) < 4.78 is 11.1. The zero-order chi connectivity index (χ0) is 11.1. The molecule has 0 heterocycles. The number of nitrogens with zero attached hydrogens (tertiary/aromatic N) is 1. The third-order valence-corrected chi connectivity index (χ3v) is 2.54. The van der Waals surface area contributed by atoms with Gasteiger partial charge >= 0.3 is 0 Å². The Bertz CT molecular complexity index is 194. The zero-order valence-electron chi connectivity index (χ0n) is 9.61. The number of rotatable bonds is 5. The van der Waals surface area contributed by atoms with Crippen LogP contribution in [0.25, 0.3) is 0 Å². The number of ether oxygens (including phenoxy) is 2. The molecule has 0 amide bonds. The van der Waals surface area contributed by atoms with Crippen LogP contribution in [0.3, 0.4) is 0 Å². The van der Waals surface area contributed by atoms with Gasteiger partial charge in [0.2, 0.25) is 0 Å². The van der Waals surface area contributed by atoms with Crippen LogP contribution in [0.15, 0.2) is 5.16 Å². The fourth-order valence-corrected chi connectivity index (χ4v) is 1.69. The van der Waals surface area contributed by atoms with Crippen molar-refractivity contribution in [1.82, 2.24) is 0 Å². The van der Waals surface area contributed by atoms with E-state index in [1.54, 1.807) is 0 Å². The summed E-state index contributed by atoms with van der Waals surface area (Å²) in [5.74, 6) is 0. The van der Waals surface area contributed by atoms with E-state index in [0.29, 0.717) is 19.3 Å². The Hall–Kier alpha value is -0.610. The van der Waals surface area contributed by atoms with E-state index in [1.807, 2.05) is 13.8 Å². The first-order valence-corrected chi connectivity index (χ1v) is 5.65. The Labute approximate surface area is 91.3 Å². The van der Waals surface area contributed by atoms with Gasteiger partial charge in [-0.3, -0.25) is 0 Å². The summed E-state index contributed by atoms with van der Waals surface area (Å²) in [5.41, 5.74) is 0.897. The van der Waals surface area contributed by atoms with Gasteiger partial charge in [0.25, 0.3) is 0 Å². The highest BCUT2D eigenvalue weighted by Gasteiger charge is 2.18. The topological polar surface area (TPSA) is 51.0 Å². The molecule has 1 aliphatic carbocycles. The molecule has 0 bridgehead atoms. The second-order valence-electron chi connectivity index (χ2n) is 4.16. The van der Waals surface area contributed by atoms with Crippen molar-refractivity contribution in [2.45, 2.75) is 51.7 Å². The number of hydrogen-bond acceptors (Lipinski definition) is 4. The van der Waals surface area contributed by atoms with Crippen molar-refractivity contribution in [3.63, 3.8) is 0 Å². The second-order valence-corrected chi connectivity index (χ2v) is 4.16. The molecule has 1 rings (SSSR count). The molecule has 88 valence electrons. The van der Waals surface area contributed by atoms with Crippen molar-refractivity contribution in [1.29, 1.82) is 0 Å². The van der Waals surface area contributed by atoms with Crippen molar-refractivity contribution < 1.29 is 14.7 Å². The first-order valence-electron chi connectivity index (χ1n) is 5.65. The summed E-state index contributed by atoms with van der Waals surface area (Å²) in [6, 6.07) is 0. The lowest BCUT2D eigenvalue weighted by Crippen LogP contribution is -2.23. The van der Waals surface area contributed by atoms with Crippen LogP contribution in [0, 0.1) is 0 Å². The van der Waals surface area contributed by atoms with E-state index >= 15 is 0 Å². The Morgan fingerprint density at radius 2 is 2.00 bits per heavy atom. The third-order valence-electron chi connectivity index (χ3n) is 2.54. The molecular formula is C11H21NO3. The fourth-order valence-electron chi connectivity index (χ4n) is 1.69. The van der Waals surface area contributed by atoms with Gasteiger partial charge in [-0.15, -0.1) is 0 Å². The maximum Gasteiger partial charge on any atom is 0.0704 e. The van der Waals surface area contributed by atoms with Crippen molar-refractivity contribution in [3.8, 4) is 0 Å². The molecular weight excluding hydrogens is 194 g/mol. The second kappa shape index (κ2) is 6.80. The Morgan fingerprint density at radius 1 is 1.33 bits per heavy atom. The summed E-state index contributed by atoms with van der Waals surface area (Å²) >= 11 is 0. The molecule has 1 saturated carbocycles. The van der Waals surface area contributed by atoms with Gasteiger partial charge in [0.1, 0.15) is 0 Å². The van der Waals surface area contributed by atoms with Crippen LogP contribution in [0.5, 0.6) is 0 Å². The average molecular weight is 215 g/mol. The lowest BCUT2D eigenvalue weighted by atomic mass is 9.96. The maximum absolute atomic E-state index is 8.58. The molecule has 0 spiro atoms. The van der Waals surface area contributed by atoms with Crippen molar-refractivity contribution in [2.75, 3.05) is 13.2 Å². The van der Waals surface area contributed by atoms with E-state index in [0.717, 1.165) is 31.4 Å². The van der Waals surface area contributed by atoms with Gasteiger partial charge in [-0.1, -0.05) is 5.16 Å². The van der Waals surface area contributed by atoms with Crippen LogP contribution in [0.1, 0.15) is 39.5 Å². The van der Waals surface area contributed by atoms with Gasteiger partial charge < -0.3 is 14.7 Å². The average Bonchev–Trinajstić information content (AvgIpc) is 2.25. The summed E-state index contributed by atoms with van der Waals surface area (Å²) in [5, 5.41) is 11.8. The van der Waals surface area contributed by atoms with Gasteiger partial charge in [-0.2, -0.15) is 0 Å². The summed E-state index contributed by atoms with van der Waals surface area (Å²) in [6.45, 7) is 5.36. The minimum atomic E-state index is 0.271. The standard InChI is InChI=1S/C11H21NO3/c1-9(2)14-7-8-15-11-5-3-10(12-13)4-6-11/h9,11,13H,3-8H2,1-2H3. The van der Waals surface area contributed by atoms with Gasteiger partial charge in [-0.25, -0.2) is 0 Å². The molecule has 1 aliphatic rings. The van der Waals surface area contributed by atoms with Gasteiger partial charge in [-0.05, 0) is 39.5 Å². The van der Waals surface area contributed by atoms with E-state index in [2.05, 4.69) is 5.16 Å². The first kappa shape index (κ1) is 12.5. The van der Waals surface area contributed by atoms with E-state index in [4.69, 9.17) is 14.7 Å². The normalized spacial score (nSPS) is 22.1. The summed E-state index contributed by atoms with van der Waals surface area (Å²) in [7, 11) is 0. The fraction of sp³-hybridized carbons (Fsp3) is 0.909. The maximum atomic E-state index is 8.58. The molecule has 1 N–H and O–H groups in total. The zero-order valence-corrected chi connectivity index (χ0v) is 9.61. The van der Waals surface area contributed by atoms with Gasteiger partial charge in [0.05, 0.1) is 31.1 Å². The van der Waals surface area contributed by atoms with E-state index in [1.165, 1.54) is 0 Å². The van der Waals surface area contributed by atoms with Crippen LogP contribution in [0.4, 0.5) is 0 Å². The summed E-state index contributed by atoms with van der Waals surface area (Å²) in [4.78, 5) is 0.